The lowest BCUT2D eigenvalue weighted by molar-refractivity contribution is -0.140. The third kappa shape index (κ3) is 6.39. The molecule has 218 valence electrons. The van der Waals surface area contributed by atoms with Crippen molar-refractivity contribution in [3.8, 4) is 11.5 Å². The van der Waals surface area contributed by atoms with Crippen molar-refractivity contribution in [3.05, 3.63) is 117 Å². The maximum atomic E-state index is 13.9. The molecule has 3 aromatic rings. The lowest BCUT2D eigenvalue weighted by Crippen LogP contribution is -2.36. The summed E-state index contributed by atoms with van der Waals surface area (Å²) in [6.07, 6.45) is 0.974. The van der Waals surface area contributed by atoms with Crippen LogP contribution in [0.5, 0.6) is 11.5 Å². The Hall–Kier alpha value is -4.03. The van der Waals surface area contributed by atoms with E-state index in [9.17, 15) is 9.59 Å². The number of halogens is 1. The van der Waals surface area contributed by atoms with Gasteiger partial charge < -0.3 is 19.5 Å². The summed E-state index contributed by atoms with van der Waals surface area (Å²) < 4.78 is 17.5. The summed E-state index contributed by atoms with van der Waals surface area (Å²) in [6.45, 7) is 6.53. The molecule has 42 heavy (non-hydrogen) atoms. The van der Waals surface area contributed by atoms with Gasteiger partial charge in [0.15, 0.2) is 17.3 Å². The van der Waals surface area contributed by atoms with E-state index >= 15 is 0 Å². The monoisotopic (exact) mass is 585 g/mol. The number of carbonyl (C=O) groups excluding carboxylic acids is 2. The van der Waals surface area contributed by atoms with Crippen LogP contribution in [-0.4, -0.2) is 25.5 Å². The first-order valence-electron chi connectivity index (χ1n) is 14.3. The zero-order valence-corrected chi connectivity index (χ0v) is 25.2. The van der Waals surface area contributed by atoms with Crippen LogP contribution in [0.15, 0.2) is 95.3 Å². The molecule has 1 N–H and O–H groups in total. The summed E-state index contributed by atoms with van der Waals surface area (Å²) in [5.41, 5.74) is 5.41. The number of allylic oxidation sites excluding steroid dienone is 3. The number of benzene rings is 3. The van der Waals surface area contributed by atoms with E-state index in [0.717, 1.165) is 22.4 Å². The van der Waals surface area contributed by atoms with Crippen LogP contribution >= 0.6 is 11.6 Å². The van der Waals surface area contributed by atoms with Crippen molar-refractivity contribution >= 4 is 23.4 Å². The van der Waals surface area contributed by atoms with Crippen LogP contribution < -0.4 is 14.8 Å². The topological polar surface area (TPSA) is 73.9 Å². The summed E-state index contributed by atoms with van der Waals surface area (Å²) >= 11 is 6.12. The van der Waals surface area contributed by atoms with E-state index in [-0.39, 0.29) is 24.2 Å². The Morgan fingerprint density at radius 1 is 0.976 bits per heavy atom. The zero-order valence-electron chi connectivity index (χ0n) is 24.4. The number of Topliss-reactive ketones (excluding diaryl/α,β-unsaturated/α-hetero) is 1. The third-order valence-corrected chi connectivity index (χ3v) is 7.95. The minimum absolute atomic E-state index is 0.00118. The van der Waals surface area contributed by atoms with Crippen molar-refractivity contribution in [2.45, 2.75) is 52.1 Å². The molecule has 3 aromatic carbocycles. The number of esters is 1. The Morgan fingerprint density at radius 3 is 2.38 bits per heavy atom. The molecular weight excluding hydrogens is 550 g/mol. The minimum atomic E-state index is -0.600. The Kier molecular flexibility index (Phi) is 9.03. The van der Waals surface area contributed by atoms with E-state index in [1.807, 2.05) is 93.6 Å². The van der Waals surface area contributed by atoms with Gasteiger partial charge in [0.1, 0.15) is 6.61 Å². The smallest absolute Gasteiger partial charge is 0.336 e. The van der Waals surface area contributed by atoms with Gasteiger partial charge >= 0.3 is 5.97 Å². The van der Waals surface area contributed by atoms with Gasteiger partial charge in [-0.3, -0.25) is 4.79 Å². The number of ketones is 1. The van der Waals surface area contributed by atoms with Crippen LogP contribution in [0, 0.1) is 5.92 Å². The molecule has 5 rings (SSSR count). The normalized spacial score (nSPS) is 18.5. The van der Waals surface area contributed by atoms with Gasteiger partial charge in [0.05, 0.1) is 19.3 Å². The second-order valence-electron chi connectivity index (χ2n) is 11.2. The molecule has 1 heterocycles. The second-order valence-corrected chi connectivity index (χ2v) is 11.7. The molecule has 6 nitrogen and oxygen atoms in total. The van der Waals surface area contributed by atoms with Gasteiger partial charge in [0, 0.05) is 34.3 Å². The fourth-order valence-electron chi connectivity index (χ4n) is 5.65. The summed E-state index contributed by atoms with van der Waals surface area (Å²) in [7, 11) is 1.59. The van der Waals surface area contributed by atoms with Gasteiger partial charge in [-0.15, -0.1) is 0 Å². The molecule has 1 aliphatic carbocycles. The SMILES string of the molecule is COc1cc([C@@H]2C(C(=O)OCC(C)C)=C(C)NC3=C2C(=O)C[C@@H](c2ccc(Cl)cc2)C3)ccc1OCc1ccccc1. The van der Waals surface area contributed by atoms with Crippen LogP contribution in [0.1, 0.15) is 62.1 Å². The van der Waals surface area contributed by atoms with Crippen molar-refractivity contribution in [3.63, 3.8) is 0 Å². The van der Waals surface area contributed by atoms with Gasteiger partial charge in [-0.25, -0.2) is 4.79 Å². The highest BCUT2D eigenvalue weighted by atomic mass is 35.5. The number of rotatable bonds is 9. The van der Waals surface area contributed by atoms with Crippen molar-refractivity contribution in [1.82, 2.24) is 5.32 Å². The molecule has 0 fully saturated rings. The van der Waals surface area contributed by atoms with Crippen LogP contribution in [-0.2, 0) is 20.9 Å². The van der Waals surface area contributed by atoms with Gasteiger partial charge in [0.2, 0.25) is 0 Å². The molecule has 0 unspecified atom stereocenters. The maximum absolute atomic E-state index is 13.9. The number of hydrogen-bond donors (Lipinski definition) is 1. The van der Waals surface area contributed by atoms with E-state index in [1.165, 1.54) is 0 Å². The standard InChI is InChI=1S/C35H36ClNO5/c1-21(2)19-42-35(39)32-22(3)37-28-16-26(24-10-13-27(36)14-11-24)17-29(38)34(28)33(32)25-12-15-30(31(18-25)40-4)41-20-23-8-6-5-7-9-23/h5-15,18,21,26,33,37H,16-17,19-20H2,1-4H3/t26-,33+/m0/s1. The van der Waals surface area contributed by atoms with Gasteiger partial charge in [0.25, 0.3) is 0 Å². The summed E-state index contributed by atoms with van der Waals surface area (Å²) in [4.78, 5) is 27.5. The lowest BCUT2D eigenvalue weighted by atomic mass is 9.71. The molecule has 0 spiro atoms. The fourth-order valence-corrected chi connectivity index (χ4v) is 5.78. The Labute approximate surface area is 252 Å². The van der Waals surface area contributed by atoms with Crippen molar-refractivity contribution in [1.29, 1.82) is 0 Å². The highest BCUT2D eigenvalue weighted by Crippen LogP contribution is 2.47. The molecule has 0 amide bonds. The largest absolute Gasteiger partial charge is 0.493 e. The summed E-state index contributed by atoms with van der Waals surface area (Å²) in [5, 5.41) is 4.07. The first kappa shape index (κ1) is 29.5. The van der Waals surface area contributed by atoms with Crippen LogP contribution in [0.3, 0.4) is 0 Å². The van der Waals surface area contributed by atoms with Gasteiger partial charge in [-0.2, -0.15) is 0 Å². The lowest BCUT2D eigenvalue weighted by Gasteiger charge is -2.37. The summed E-state index contributed by atoms with van der Waals surface area (Å²) in [6, 6.07) is 23.2. The van der Waals surface area contributed by atoms with Gasteiger partial charge in [-0.05, 0) is 66.1 Å². The first-order valence-corrected chi connectivity index (χ1v) is 14.6. The highest BCUT2D eigenvalue weighted by Gasteiger charge is 2.41. The third-order valence-electron chi connectivity index (χ3n) is 7.69. The highest BCUT2D eigenvalue weighted by molar-refractivity contribution is 6.30. The fraction of sp³-hybridized carbons (Fsp3) is 0.314. The van der Waals surface area contributed by atoms with E-state index in [0.29, 0.717) is 52.8 Å². The van der Waals surface area contributed by atoms with Crippen LogP contribution in [0.4, 0.5) is 0 Å². The van der Waals surface area contributed by atoms with E-state index in [1.54, 1.807) is 7.11 Å². The van der Waals surface area contributed by atoms with E-state index in [4.69, 9.17) is 25.8 Å². The number of dihydropyridines is 1. The molecule has 2 aliphatic rings. The molecule has 1 aliphatic heterocycles. The first-order chi connectivity index (χ1) is 20.2. The summed E-state index contributed by atoms with van der Waals surface area (Å²) in [5.74, 6) is 0.260. The Balaban J connectivity index is 1.52. The Morgan fingerprint density at radius 2 is 1.69 bits per heavy atom. The maximum Gasteiger partial charge on any atom is 0.336 e. The molecule has 0 saturated heterocycles. The molecule has 0 bridgehead atoms. The van der Waals surface area contributed by atoms with Crippen molar-refractivity contribution < 1.29 is 23.8 Å². The number of hydrogen-bond acceptors (Lipinski definition) is 6. The van der Waals surface area contributed by atoms with Crippen LogP contribution in [0.2, 0.25) is 5.02 Å². The van der Waals surface area contributed by atoms with Gasteiger partial charge in [-0.1, -0.05) is 74.0 Å². The average molecular weight is 586 g/mol. The van der Waals surface area contributed by atoms with Crippen molar-refractivity contribution in [2.24, 2.45) is 5.92 Å². The average Bonchev–Trinajstić information content (AvgIpc) is 2.98. The predicted molar refractivity (Wildman–Crippen MR) is 164 cm³/mol. The molecule has 0 aromatic heterocycles. The number of carbonyl (C=O) groups is 2. The number of nitrogens with one attached hydrogen (secondary N) is 1. The number of ether oxygens (including phenoxy) is 3. The Bertz CT molecular complexity index is 1520. The molecule has 2 atom stereocenters. The predicted octanol–water partition coefficient (Wildman–Crippen LogP) is 7.49. The van der Waals surface area contributed by atoms with Crippen molar-refractivity contribution in [2.75, 3.05) is 13.7 Å². The number of methoxy groups -OCH3 is 1. The molecular formula is C35H36ClNO5. The van der Waals surface area contributed by atoms with E-state index < -0.39 is 11.9 Å². The zero-order chi connectivity index (χ0) is 29.8. The van der Waals surface area contributed by atoms with E-state index in [2.05, 4.69) is 5.32 Å². The molecule has 0 saturated carbocycles. The quantitative estimate of drug-likeness (QED) is 0.262. The molecule has 0 radical (unpaired) electrons. The molecule has 7 heteroatoms. The second kappa shape index (κ2) is 12.9. The minimum Gasteiger partial charge on any atom is -0.493 e. The van der Waals surface area contributed by atoms with Crippen LogP contribution in [0.25, 0.3) is 0 Å².